The van der Waals surface area contributed by atoms with Gasteiger partial charge in [-0.25, -0.2) is 4.79 Å². The SMILES string of the molecule is CCOC(=O)c1ccc(NC(=O)[C@H]2[C@H]3C[C@@H]4[C@@H]2C(=O)O[C@@H]4C3)cc1. The van der Waals surface area contributed by atoms with Crippen molar-refractivity contribution in [2.75, 3.05) is 11.9 Å². The maximum Gasteiger partial charge on any atom is 0.338 e. The second kappa shape index (κ2) is 5.61. The maximum absolute atomic E-state index is 12.6. The van der Waals surface area contributed by atoms with E-state index in [0.29, 0.717) is 17.9 Å². The highest BCUT2D eigenvalue weighted by molar-refractivity contribution is 5.97. The van der Waals surface area contributed by atoms with Crippen molar-refractivity contribution >= 4 is 23.5 Å². The fourth-order valence-corrected chi connectivity index (χ4v) is 4.49. The van der Waals surface area contributed by atoms with Gasteiger partial charge in [0, 0.05) is 11.6 Å². The van der Waals surface area contributed by atoms with Gasteiger partial charge in [-0.3, -0.25) is 9.59 Å². The smallest absolute Gasteiger partial charge is 0.338 e. The van der Waals surface area contributed by atoms with Crippen LogP contribution in [0.2, 0.25) is 0 Å². The van der Waals surface area contributed by atoms with E-state index in [4.69, 9.17) is 9.47 Å². The third-order valence-electron chi connectivity index (χ3n) is 5.45. The number of anilines is 1. The van der Waals surface area contributed by atoms with E-state index in [-0.39, 0.29) is 47.6 Å². The van der Waals surface area contributed by atoms with Crippen molar-refractivity contribution < 1.29 is 23.9 Å². The van der Waals surface area contributed by atoms with E-state index in [0.717, 1.165) is 12.8 Å². The first kappa shape index (κ1) is 15.2. The van der Waals surface area contributed by atoms with Crippen molar-refractivity contribution in [1.29, 1.82) is 0 Å². The molecule has 6 nitrogen and oxygen atoms in total. The Morgan fingerprint density at radius 1 is 1.25 bits per heavy atom. The Morgan fingerprint density at radius 3 is 2.71 bits per heavy atom. The van der Waals surface area contributed by atoms with Crippen molar-refractivity contribution in [3.63, 3.8) is 0 Å². The lowest BCUT2D eigenvalue weighted by molar-refractivity contribution is -0.145. The summed E-state index contributed by atoms with van der Waals surface area (Å²) in [5.41, 5.74) is 1.05. The molecule has 6 heteroatoms. The standard InChI is InChI=1S/C18H19NO5/c1-2-23-17(21)9-3-5-11(6-4-9)19-16(20)14-10-7-12-13(8-10)24-18(22)15(12)14/h3-6,10,12-15H,2,7-8H2,1H3,(H,19,20)/t10-,12-,13+,14-,15-/m0/s1. The maximum atomic E-state index is 12.6. The van der Waals surface area contributed by atoms with Crippen LogP contribution in [0.15, 0.2) is 24.3 Å². The molecule has 3 aliphatic rings. The van der Waals surface area contributed by atoms with E-state index >= 15 is 0 Å². The molecule has 0 aromatic heterocycles. The monoisotopic (exact) mass is 329 g/mol. The van der Waals surface area contributed by atoms with Gasteiger partial charge in [0.25, 0.3) is 0 Å². The summed E-state index contributed by atoms with van der Waals surface area (Å²) in [5.74, 6) is -0.877. The number of ether oxygens (including phenoxy) is 2. The molecule has 1 heterocycles. The molecule has 1 saturated heterocycles. The molecule has 24 heavy (non-hydrogen) atoms. The third kappa shape index (κ3) is 2.28. The Bertz CT molecular complexity index is 696. The summed E-state index contributed by atoms with van der Waals surface area (Å²) in [5, 5.41) is 2.87. The number of carbonyl (C=O) groups is 3. The van der Waals surface area contributed by atoms with Gasteiger partial charge in [-0.1, -0.05) is 0 Å². The minimum Gasteiger partial charge on any atom is -0.462 e. The van der Waals surface area contributed by atoms with Crippen LogP contribution in [0, 0.1) is 23.7 Å². The molecule has 0 radical (unpaired) electrons. The fourth-order valence-electron chi connectivity index (χ4n) is 4.49. The third-order valence-corrected chi connectivity index (χ3v) is 5.45. The zero-order chi connectivity index (χ0) is 16.8. The number of rotatable bonds is 4. The lowest BCUT2D eigenvalue weighted by atomic mass is 9.79. The molecular weight excluding hydrogens is 310 g/mol. The number of hydrogen-bond acceptors (Lipinski definition) is 5. The molecule has 1 aromatic carbocycles. The van der Waals surface area contributed by atoms with Gasteiger partial charge in [0.15, 0.2) is 0 Å². The van der Waals surface area contributed by atoms with Crippen LogP contribution in [0.25, 0.3) is 0 Å². The van der Waals surface area contributed by atoms with E-state index in [1.54, 1.807) is 31.2 Å². The van der Waals surface area contributed by atoms with Crippen LogP contribution >= 0.6 is 0 Å². The van der Waals surface area contributed by atoms with Crippen LogP contribution in [0.4, 0.5) is 5.69 Å². The summed E-state index contributed by atoms with van der Waals surface area (Å²) in [7, 11) is 0. The lowest BCUT2D eigenvalue weighted by Crippen LogP contribution is -2.35. The molecule has 1 aliphatic heterocycles. The summed E-state index contributed by atoms with van der Waals surface area (Å²) in [4.78, 5) is 36.3. The average molecular weight is 329 g/mol. The van der Waals surface area contributed by atoms with Crippen molar-refractivity contribution in [2.45, 2.75) is 25.9 Å². The zero-order valence-corrected chi connectivity index (χ0v) is 13.4. The first-order valence-corrected chi connectivity index (χ1v) is 8.37. The summed E-state index contributed by atoms with van der Waals surface area (Å²) >= 11 is 0. The van der Waals surface area contributed by atoms with E-state index in [2.05, 4.69) is 5.32 Å². The number of amides is 1. The van der Waals surface area contributed by atoms with Crippen molar-refractivity contribution in [1.82, 2.24) is 0 Å². The molecular formula is C18H19NO5. The number of benzene rings is 1. The molecule has 0 unspecified atom stereocenters. The summed E-state index contributed by atoms with van der Waals surface area (Å²) < 4.78 is 10.3. The number of fused-ring (bicyclic) bond motifs is 1. The van der Waals surface area contributed by atoms with Crippen molar-refractivity contribution in [3.8, 4) is 0 Å². The Balaban J connectivity index is 1.45. The van der Waals surface area contributed by atoms with Gasteiger partial charge < -0.3 is 14.8 Å². The van der Waals surface area contributed by atoms with Gasteiger partial charge in [-0.2, -0.15) is 0 Å². The van der Waals surface area contributed by atoms with E-state index in [1.807, 2.05) is 0 Å². The second-order valence-electron chi connectivity index (χ2n) is 6.71. The number of hydrogen-bond donors (Lipinski definition) is 1. The molecule has 1 aromatic rings. The van der Waals surface area contributed by atoms with Crippen LogP contribution in [0.1, 0.15) is 30.1 Å². The molecule has 2 bridgehead atoms. The van der Waals surface area contributed by atoms with E-state index < -0.39 is 0 Å². The van der Waals surface area contributed by atoms with Crippen molar-refractivity contribution in [2.24, 2.45) is 23.7 Å². The first-order valence-electron chi connectivity index (χ1n) is 8.37. The molecule has 2 saturated carbocycles. The molecule has 4 rings (SSSR count). The molecule has 0 spiro atoms. The fraction of sp³-hybridized carbons (Fsp3) is 0.500. The minimum atomic E-state index is -0.386. The Labute approximate surface area is 139 Å². The highest BCUT2D eigenvalue weighted by atomic mass is 16.6. The number of esters is 2. The molecule has 1 amide bonds. The predicted molar refractivity (Wildman–Crippen MR) is 84.1 cm³/mol. The number of carbonyl (C=O) groups excluding carboxylic acids is 3. The largest absolute Gasteiger partial charge is 0.462 e. The van der Waals surface area contributed by atoms with Gasteiger partial charge >= 0.3 is 11.9 Å². The average Bonchev–Trinajstić information content (AvgIpc) is 3.17. The normalized spacial score (nSPS) is 32.5. The van der Waals surface area contributed by atoms with Gasteiger partial charge in [-0.05, 0) is 49.9 Å². The number of nitrogens with one attached hydrogen (secondary N) is 1. The molecule has 5 atom stereocenters. The molecule has 1 N–H and O–H groups in total. The predicted octanol–water partition coefficient (Wildman–Crippen LogP) is 2.00. The van der Waals surface area contributed by atoms with Gasteiger partial charge in [0.1, 0.15) is 6.10 Å². The highest BCUT2D eigenvalue weighted by Gasteiger charge is 2.63. The van der Waals surface area contributed by atoms with Gasteiger partial charge in [0.05, 0.1) is 24.0 Å². The van der Waals surface area contributed by atoms with Crippen LogP contribution in [-0.2, 0) is 19.1 Å². The van der Waals surface area contributed by atoms with Crippen molar-refractivity contribution in [3.05, 3.63) is 29.8 Å². The molecule has 126 valence electrons. The molecule has 3 fully saturated rings. The highest BCUT2D eigenvalue weighted by Crippen LogP contribution is 2.57. The van der Waals surface area contributed by atoms with Crippen LogP contribution in [0.5, 0.6) is 0 Å². The van der Waals surface area contributed by atoms with Crippen LogP contribution in [-0.4, -0.2) is 30.6 Å². The first-order chi connectivity index (χ1) is 11.6. The summed E-state index contributed by atoms with van der Waals surface area (Å²) in [6, 6.07) is 6.59. The minimum absolute atomic E-state index is 0.0282. The van der Waals surface area contributed by atoms with Gasteiger partial charge in [-0.15, -0.1) is 0 Å². The van der Waals surface area contributed by atoms with E-state index in [1.165, 1.54) is 0 Å². The Hall–Kier alpha value is -2.37. The summed E-state index contributed by atoms with van der Waals surface area (Å²) in [6.45, 7) is 2.07. The summed E-state index contributed by atoms with van der Waals surface area (Å²) in [6.07, 6.45) is 1.73. The van der Waals surface area contributed by atoms with E-state index in [9.17, 15) is 14.4 Å². The lowest BCUT2D eigenvalue weighted by Gasteiger charge is -2.23. The quantitative estimate of drug-likeness (QED) is 0.855. The second-order valence-corrected chi connectivity index (χ2v) is 6.71. The Kier molecular flexibility index (Phi) is 3.55. The van der Waals surface area contributed by atoms with Crippen LogP contribution in [0.3, 0.4) is 0 Å². The Morgan fingerprint density at radius 2 is 2.00 bits per heavy atom. The van der Waals surface area contributed by atoms with Gasteiger partial charge in [0.2, 0.25) is 5.91 Å². The molecule has 2 aliphatic carbocycles. The zero-order valence-electron chi connectivity index (χ0n) is 13.4. The van der Waals surface area contributed by atoms with Crippen LogP contribution < -0.4 is 5.32 Å². The topological polar surface area (TPSA) is 81.7 Å².